The maximum atomic E-state index is 11.4. The van der Waals surface area contributed by atoms with Crippen molar-refractivity contribution >= 4 is 54.1 Å². The van der Waals surface area contributed by atoms with Gasteiger partial charge in [0.05, 0.1) is 0 Å². The molecule has 0 aliphatic heterocycles. The van der Waals surface area contributed by atoms with Gasteiger partial charge in [-0.05, 0) is 40.1 Å². The first kappa shape index (κ1) is 26.2. The summed E-state index contributed by atoms with van der Waals surface area (Å²) in [5, 5.41) is 91.2. The van der Waals surface area contributed by atoms with Gasteiger partial charge in [0.25, 0.3) is 0 Å². The number of phenolic OH excluding ortho intramolecular Hbond substituents is 8. The number of fused-ring (bicyclic) bond motifs is 6. The van der Waals surface area contributed by atoms with Crippen LogP contribution in [0.15, 0.2) is 84.9 Å². The third kappa shape index (κ3) is 3.43. The monoisotopic (exact) mass is 597 g/mol. The third-order valence-electron chi connectivity index (χ3n) is 8.61. The smallest absolute Gasteiger partial charge is 0.204 e. The van der Waals surface area contributed by atoms with E-state index in [0.717, 1.165) is 27.1 Å². The number of rotatable bonds is 2. The normalized spacial score (nSPS) is 11.8. The van der Waals surface area contributed by atoms with Crippen molar-refractivity contribution in [2.24, 2.45) is 0 Å². The first-order chi connectivity index (χ1) is 21.7. The summed E-state index contributed by atoms with van der Waals surface area (Å²) >= 11 is 0. The van der Waals surface area contributed by atoms with E-state index in [2.05, 4.69) is 11.1 Å². The predicted octanol–water partition coefficient (Wildman–Crippen LogP) is 7.76. The van der Waals surface area contributed by atoms with Crippen LogP contribution in [0.2, 0.25) is 0 Å². The van der Waals surface area contributed by atoms with Crippen LogP contribution in [0.5, 0.6) is 46.0 Å². The highest BCUT2D eigenvalue weighted by molar-refractivity contribution is 6.29. The molecule has 7 aromatic carbocycles. The number of aromatic nitrogens is 1. The summed E-state index contributed by atoms with van der Waals surface area (Å²) in [4.78, 5) is 3.40. The lowest BCUT2D eigenvalue weighted by atomic mass is 9.83. The zero-order valence-electron chi connectivity index (χ0n) is 23.2. The molecule has 9 N–H and O–H groups in total. The van der Waals surface area contributed by atoms with Gasteiger partial charge in [-0.2, -0.15) is 0 Å². The van der Waals surface area contributed by atoms with E-state index in [9.17, 15) is 40.9 Å². The molecule has 45 heavy (non-hydrogen) atoms. The van der Waals surface area contributed by atoms with Crippen LogP contribution in [0.1, 0.15) is 0 Å². The minimum absolute atomic E-state index is 0.00315. The molecule has 0 saturated carbocycles. The molecular weight excluding hydrogens is 574 g/mol. The Bertz CT molecular complexity index is 2490. The van der Waals surface area contributed by atoms with Crippen molar-refractivity contribution < 1.29 is 40.9 Å². The predicted molar refractivity (Wildman–Crippen MR) is 173 cm³/mol. The highest BCUT2D eigenvalue weighted by atomic mass is 16.4. The Kier molecular flexibility index (Phi) is 5.24. The Labute approximate surface area is 253 Å². The Morgan fingerprint density at radius 2 is 0.800 bits per heavy atom. The average Bonchev–Trinajstić information content (AvgIpc) is 3.42. The molecule has 0 saturated heterocycles. The minimum Gasteiger partial charge on any atom is -0.504 e. The fourth-order valence-electron chi connectivity index (χ4n) is 6.55. The van der Waals surface area contributed by atoms with Crippen LogP contribution >= 0.6 is 0 Å². The molecule has 0 bridgehead atoms. The van der Waals surface area contributed by atoms with Crippen LogP contribution < -0.4 is 0 Å². The van der Waals surface area contributed by atoms with Gasteiger partial charge in [-0.3, -0.25) is 0 Å². The molecule has 1 heterocycles. The van der Waals surface area contributed by atoms with Gasteiger partial charge in [-0.15, -0.1) is 0 Å². The fourth-order valence-corrected chi connectivity index (χ4v) is 6.55. The van der Waals surface area contributed by atoms with Gasteiger partial charge in [-0.25, -0.2) is 0 Å². The van der Waals surface area contributed by atoms with Crippen LogP contribution in [0.4, 0.5) is 0 Å². The lowest BCUT2D eigenvalue weighted by Crippen LogP contribution is -1.94. The van der Waals surface area contributed by atoms with E-state index in [4.69, 9.17) is 0 Å². The van der Waals surface area contributed by atoms with Crippen LogP contribution in [0.3, 0.4) is 0 Å². The molecule has 220 valence electrons. The molecule has 0 amide bonds. The fraction of sp³-hybridized carbons (Fsp3) is 0. The third-order valence-corrected chi connectivity index (χ3v) is 8.61. The van der Waals surface area contributed by atoms with E-state index < -0.39 is 46.0 Å². The van der Waals surface area contributed by atoms with E-state index in [0.29, 0.717) is 16.6 Å². The average molecular weight is 598 g/mol. The van der Waals surface area contributed by atoms with Crippen molar-refractivity contribution in [3.05, 3.63) is 84.9 Å². The number of hydrogen-bond donors (Lipinski definition) is 9. The van der Waals surface area contributed by atoms with E-state index in [1.807, 2.05) is 36.4 Å². The van der Waals surface area contributed by atoms with Gasteiger partial charge in [0.15, 0.2) is 23.0 Å². The second kappa shape index (κ2) is 9.01. The standard InChI is InChI=1S/C36H23NO8/c38-29-25-23(15-6-2-1-3-7-15)26-28(32(41)36(45)34(43)30(26)39)24(27(25)31(40)35(44)33(29)42)18-10-11-19-20-12-16-8-4-5-9-17(16)13-22(20)37-21(19)14-18/h1-14,37-45H. The zero-order valence-corrected chi connectivity index (χ0v) is 23.2. The van der Waals surface area contributed by atoms with Gasteiger partial charge in [0.1, 0.15) is 0 Å². The van der Waals surface area contributed by atoms with Crippen molar-refractivity contribution in [3.8, 4) is 68.2 Å². The lowest BCUT2D eigenvalue weighted by Gasteiger charge is -2.22. The zero-order chi connectivity index (χ0) is 31.3. The number of H-pyrrole nitrogens is 1. The molecule has 9 heteroatoms. The van der Waals surface area contributed by atoms with Gasteiger partial charge in [0, 0.05) is 54.5 Å². The van der Waals surface area contributed by atoms with Crippen molar-refractivity contribution in [1.29, 1.82) is 0 Å². The van der Waals surface area contributed by atoms with Crippen molar-refractivity contribution in [2.45, 2.75) is 0 Å². The van der Waals surface area contributed by atoms with Gasteiger partial charge in [0.2, 0.25) is 23.0 Å². The molecule has 8 aromatic rings. The molecular formula is C36H23NO8. The number of aromatic hydroxyl groups is 8. The summed E-state index contributed by atoms with van der Waals surface area (Å²) in [6, 6.07) is 25.6. The molecule has 0 fully saturated rings. The van der Waals surface area contributed by atoms with Crippen LogP contribution in [0, 0.1) is 0 Å². The second-order valence-corrected chi connectivity index (χ2v) is 11.0. The van der Waals surface area contributed by atoms with Crippen LogP contribution in [-0.2, 0) is 0 Å². The van der Waals surface area contributed by atoms with E-state index in [-0.39, 0.29) is 32.7 Å². The Hall–Kier alpha value is -6.48. The minimum atomic E-state index is -1.01. The van der Waals surface area contributed by atoms with Crippen molar-refractivity contribution in [1.82, 2.24) is 4.98 Å². The molecule has 8 rings (SSSR count). The maximum Gasteiger partial charge on any atom is 0.204 e. The summed E-state index contributed by atoms with van der Waals surface area (Å²) in [7, 11) is 0. The first-order valence-corrected chi connectivity index (χ1v) is 13.9. The van der Waals surface area contributed by atoms with Crippen molar-refractivity contribution in [3.63, 3.8) is 0 Å². The van der Waals surface area contributed by atoms with E-state index in [1.165, 1.54) is 0 Å². The topological polar surface area (TPSA) is 178 Å². The van der Waals surface area contributed by atoms with E-state index in [1.54, 1.807) is 42.5 Å². The maximum absolute atomic E-state index is 11.4. The molecule has 0 radical (unpaired) electrons. The SMILES string of the molecule is Oc1c(O)c(O)c2c(-c3ccc4c(c3)[nH]c3cc5ccccc5cc34)c3c(O)c(O)c(O)c(O)c3c(-c3ccccc3)c2c1O. The highest BCUT2D eigenvalue weighted by Gasteiger charge is 2.32. The Balaban J connectivity index is 1.60. The molecule has 0 unspecified atom stereocenters. The summed E-state index contributed by atoms with van der Waals surface area (Å²) in [5.41, 5.74) is 2.24. The summed E-state index contributed by atoms with van der Waals surface area (Å²) in [6.45, 7) is 0. The molecule has 9 nitrogen and oxygen atoms in total. The van der Waals surface area contributed by atoms with E-state index >= 15 is 0 Å². The summed E-state index contributed by atoms with van der Waals surface area (Å²) < 4.78 is 0. The number of nitrogens with one attached hydrogen (secondary N) is 1. The molecule has 0 spiro atoms. The number of benzene rings is 7. The van der Waals surface area contributed by atoms with Gasteiger partial charge < -0.3 is 45.8 Å². The first-order valence-electron chi connectivity index (χ1n) is 13.9. The largest absolute Gasteiger partial charge is 0.504 e. The molecule has 1 aromatic heterocycles. The summed E-state index contributed by atoms with van der Waals surface area (Å²) in [6.07, 6.45) is 0. The summed E-state index contributed by atoms with van der Waals surface area (Å²) in [5.74, 6) is -7.29. The number of phenols is 8. The number of hydrogen-bond acceptors (Lipinski definition) is 8. The molecule has 0 aliphatic rings. The van der Waals surface area contributed by atoms with Crippen LogP contribution in [0.25, 0.3) is 76.4 Å². The van der Waals surface area contributed by atoms with Crippen LogP contribution in [-0.4, -0.2) is 45.8 Å². The lowest BCUT2D eigenvalue weighted by molar-refractivity contribution is 0.350. The molecule has 0 atom stereocenters. The Morgan fingerprint density at radius 1 is 0.356 bits per heavy atom. The van der Waals surface area contributed by atoms with Gasteiger partial charge >= 0.3 is 0 Å². The highest BCUT2D eigenvalue weighted by Crippen LogP contribution is 2.61. The second-order valence-electron chi connectivity index (χ2n) is 11.0. The number of aromatic amines is 1. The Morgan fingerprint density at radius 3 is 1.33 bits per heavy atom. The quantitative estimate of drug-likeness (QED) is 0.0551. The van der Waals surface area contributed by atoms with Gasteiger partial charge in [-0.1, -0.05) is 66.7 Å². The van der Waals surface area contributed by atoms with Crippen molar-refractivity contribution in [2.75, 3.05) is 0 Å². The molecule has 0 aliphatic carbocycles.